The summed E-state index contributed by atoms with van der Waals surface area (Å²) in [4.78, 5) is 16.1. The van der Waals surface area contributed by atoms with E-state index in [1.807, 2.05) is 0 Å². The molecule has 2 aromatic heterocycles. The second kappa shape index (κ2) is 6.73. The second-order valence-electron chi connectivity index (χ2n) is 5.42. The van der Waals surface area contributed by atoms with Crippen LogP contribution in [0.25, 0.3) is 10.6 Å². The van der Waals surface area contributed by atoms with E-state index in [1.165, 1.54) is 40.5 Å². The van der Waals surface area contributed by atoms with Gasteiger partial charge in [0.15, 0.2) is 0 Å². The van der Waals surface area contributed by atoms with Crippen LogP contribution >= 0.6 is 22.9 Å². The largest absolute Gasteiger partial charge is 0.478 e. The van der Waals surface area contributed by atoms with Gasteiger partial charge in [-0.05, 0) is 13.0 Å². The van der Waals surface area contributed by atoms with Crippen LogP contribution in [-0.4, -0.2) is 25.8 Å². The van der Waals surface area contributed by atoms with E-state index in [4.69, 9.17) is 16.7 Å². The van der Waals surface area contributed by atoms with Crippen molar-refractivity contribution in [1.82, 2.24) is 14.8 Å². The van der Waals surface area contributed by atoms with Crippen molar-refractivity contribution >= 4 is 28.9 Å². The predicted octanol–water partition coefficient (Wildman–Crippen LogP) is 4.73. The molecular weight excluding hydrogens is 391 g/mol. The maximum absolute atomic E-state index is 13.0. The number of carboxylic acids is 1. The fourth-order valence-corrected chi connectivity index (χ4v) is 3.65. The Kier molecular flexibility index (Phi) is 4.76. The average molecular weight is 402 g/mol. The van der Waals surface area contributed by atoms with Gasteiger partial charge in [-0.3, -0.25) is 4.68 Å². The molecule has 0 saturated heterocycles. The van der Waals surface area contributed by atoms with Gasteiger partial charge in [-0.25, -0.2) is 9.78 Å². The van der Waals surface area contributed by atoms with Crippen LogP contribution in [0.5, 0.6) is 0 Å². The van der Waals surface area contributed by atoms with Gasteiger partial charge in [0.25, 0.3) is 0 Å². The van der Waals surface area contributed by atoms with E-state index in [0.717, 1.165) is 10.9 Å². The molecule has 1 aromatic carbocycles. The zero-order chi connectivity index (χ0) is 19.1. The first kappa shape index (κ1) is 18.4. The number of hydrogen-bond donors (Lipinski definition) is 1. The van der Waals surface area contributed by atoms with Gasteiger partial charge < -0.3 is 5.11 Å². The molecule has 0 aliphatic rings. The van der Waals surface area contributed by atoms with Crippen LogP contribution in [0.2, 0.25) is 5.02 Å². The van der Waals surface area contributed by atoms with Crippen LogP contribution in [-0.2, 0) is 12.7 Å². The lowest BCUT2D eigenvalue weighted by Crippen LogP contribution is -2.06. The number of benzene rings is 1. The standard InChI is InChI=1S/C16H11ClF3N3O2S/c1-8-12(7-23-6-9(5-21-23)15(24)25)22-14(26-8)10-3-2-4-11(13(10)17)16(18,19)20/h2-6H,7H2,1H3,(H,24,25). The van der Waals surface area contributed by atoms with Crippen molar-refractivity contribution in [3.63, 3.8) is 0 Å². The molecular formula is C16H11ClF3N3O2S. The minimum Gasteiger partial charge on any atom is -0.478 e. The number of nitrogens with zero attached hydrogens (tertiary/aromatic N) is 3. The summed E-state index contributed by atoms with van der Waals surface area (Å²) in [6.45, 7) is 1.98. The molecule has 0 fully saturated rings. The predicted molar refractivity (Wildman–Crippen MR) is 90.6 cm³/mol. The molecule has 0 spiro atoms. The summed E-state index contributed by atoms with van der Waals surface area (Å²) in [6.07, 6.45) is -1.98. The van der Waals surface area contributed by atoms with Crippen molar-refractivity contribution in [3.05, 3.63) is 57.3 Å². The van der Waals surface area contributed by atoms with Crippen LogP contribution in [0.1, 0.15) is 26.5 Å². The van der Waals surface area contributed by atoms with Gasteiger partial charge in [-0.15, -0.1) is 11.3 Å². The van der Waals surface area contributed by atoms with Crippen molar-refractivity contribution in [2.75, 3.05) is 0 Å². The normalized spacial score (nSPS) is 11.7. The van der Waals surface area contributed by atoms with E-state index in [9.17, 15) is 18.0 Å². The Bertz CT molecular complexity index is 982. The van der Waals surface area contributed by atoms with Crippen LogP contribution in [0.4, 0.5) is 13.2 Å². The number of hydrogen-bond acceptors (Lipinski definition) is 4. The summed E-state index contributed by atoms with van der Waals surface area (Å²) >= 11 is 7.16. The van der Waals surface area contributed by atoms with Crippen molar-refractivity contribution in [1.29, 1.82) is 0 Å². The maximum Gasteiger partial charge on any atom is 0.417 e. The van der Waals surface area contributed by atoms with Crippen molar-refractivity contribution in [2.45, 2.75) is 19.6 Å². The first-order valence-corrected chi connectivity index (χ1v) is 8.44. The first-order chi connectivity index (χ1) is 12.2. The molecule has 3 rings (SSSR count). The molecule has 0 radical (unpaired) electrons. The number of aromatic nitrogens is 3. The summed E-state index contributed by atoms with van der Waals surface area (Å²) in [6, 6.07) is 3.69. The number of aryl methyl sites for hydroxylation is 1. The van der Waals surface area contributed by atoms with Gasteiger partial charge in [0.05, 0.1) is 34.6 Å². The minimum atomic E-state index is -4.55. The lowest BCUT2D eigenvalue weighted by molar-refractivity contribution is -0.137. The zero-order valence-electron chi connectivity index (χ0n) is 13.2. The average Bonchev–Trinajstić information content (AvgIpc) is 3.14. The molecule has 0 aliphatic carbocycles. The second-order valence-corrected chi connectivity index (χ2v) is 7.00. The van der Waals surface area contributed by atoms with Crippen molar-refractivity contribution in [2.24, 2.45) is 0 Å². The third-order valence-corrected chi connectivity index (χ3v) is 5.07. The van der Waals surface area contributed by atoms with Gasteiger partial charge >= 0.3 is 12.1 Å². The highest BCUT2D eigenvalue weighted by atomic mass is 35.5. The molecule has 2 heterocycles. The van der Waals surface area contributed by atoms with E-state index in [-0.39, 0.29) is 17.7 Å². The third kappa shape index (κ3) is 3.58. The summed E-state index contributed by atoms with van der Waals surface area (Å²) in [5.74, 6) is -1.09. The maximum atomic E-state index is 13.0. The lowest BCUT2D eigenvalue weighted by atomic mass is 10.1. The quantitative estimate of drug-likeness (QED) is 0.686. The van der Waals surface area contributed by atoms with Crippen LogP contribution in [0, 0.1) is 6.92 Å². The summed E-state index contributed by atoms with van der Waals surface area (Å²) in [7, 11) is 0. The SMILES string of the molecule is Cc1sc(-c2cccc(C(F)(F)F)c2Cl)nc1Cn1cc(C(=O)O)cn1. The molecule has 136 valence electrons. The molecule has 1 N–H and O–H groups in total. The Labute approximate surface area is 154 Å². The number of thiazole rings is 1. The van der Waals surface area contributed by atoms with Crippen LogP contribution < -0.4 is 0 Å². The van der Waals surface area contributed by atoms with Crippen molar-refractivity contribution < 1.29 is 23.1 Å². The molecule has 0 saturated carbocycles. The molecule has 0 amide bonds. The van der Waals surface area contributed by atoms with Crippen LogP contribution in [0.3, 0.4) is 0 Å². The number of halogens is 4. The van der Waals surface area contributed by atoms with Crippen molar-refractivity contribution in [3.8, 4) is 10.6 Å². The minimum absolute atomic E-state index is 0.0408. The highest BCUT2D eigenvalue weighted by Gasteiger charge is 2.34. The summed E-state index contributed by atoms with van der Waals surface area (Å²) in [5.41, 5.74) is -0.0886. The van der Waals surface area contributed by atoms with Gasteiger partial charge in [-0.2, -0.15) is 18.3 Å². The van der Waals surface area contributed by atoms with Crippen LogP contribution in [0.15, 0.2) is 30.6 Å². The van der Waals surface area contributed by atoms with E-state index in [1.54, 1.807) is 6.92 Å². The number of carbonyl (C=O) groups is 1. The van der Waals surface area contributed by atoms with Gasteiger partial charge in [-0.1, -0.05) is 23.7 Å². The topological polar surface area (TPSA) is 68.0 Å². The Morgan fingerprint density at radius 1 is 1.38 bits per heavy atom. The number of aromatic carboxylic acids is 1. The fraction of sp³-hybridized carbons (Fsp3) is 0.188. The fourth-order valence-electron chi connectivity index (χ4n) is 2.32. The van der Waals surface area contributed by atoms with Gasteiger partial charge in [0.1, 0.15) is 5.01 Å². The highest BCUT2D eigenvalue weighted by molar-refractivity contribution is 7.15. The van der Waals surface area contributed by atoms with E-state index >= 15 is 0 Å². The third-order valence-electron chi connectivity index (χ3n) is 3.62. The zero-order valence-corrected chi connectivity index (χ0v) is 14.8. The smallest absolute Gasteiger partial charge is 0.417 e. The van der Waals surface area contributed by atoms with E-state index in [0.29, 0.717) is 10.7 Å². The number of carboxylic acid groups (broad SMARTS) is 1. The molecule has 0 atom stereocenters. The highest BCUT2D eigenvalue weighted by Crippen LogP contribution is 2.41. The van der Waals surface area contributed by atoms with E-state index < -0.39 is 22.7 Å². The molecule has 26 heavy (non-hydrogen) atoms. The van der Waals surface area contributed by atoms with E-state index in [2.05, 4.69) is 10.1 Å². The Balaban J connectivity index is 1.94. The molecule has 0 aliphatic heterocycles. The Morgan fingerprint density at radius 3 is 2.73 bits per heavy atom. The molecule has 5 nitrogen and oxygen atoms in total. The lowest BCUT2D eigenvalue weighted by Gasteiger charge is -2.10. The first-order valence-electron chi connectivity index (χ1n) is 7.25. The number of alkyl halides is 3. The van der Waals surface area contributed by atoms with Gasteiger partial charge in [0, 0.05) is 16.6 Å². The monoisotopic (exact) mass is 401 g/mol. The molecule has 3 aromatic rings. The molecule has 0 bridgehead atoms. The van der Waals surface area contributed by atoms with Gasteiger partial charge in [0.2, 0.25) is 0 Å². The summed E-state index contributed by atoms with van der Waals surface area (Å²) < 4.78 is 40.5. The summed E-state index contributed by atoms with van der Waals surface area (Å²) in [5, 5.41) is 12.8. The number of rotatable bonds is 4. The Hall–Kier alpha value is -2.39. The molecule has 10 heteroatoms. The molecule has 0 unspecified atom stereocenters. The Morgan fingerprint density at radius 2 is 2.12 bits per heavy atom.